The Kier molecular flexibility index (Phi) is 1.72. The van der Waals surface area contributed by atoms with Gasteiger partial charge in [0.25, 0.3) is 0 Å². The average Bonchev–Trinajstić information content (AvgIpc) is 1.98. The summed E-state index contributed by atoms with van der Waals surface area (Å²) in [5.41, 5.74) is 0. The molecule has 0 radical (unpaired) electrons. The van der Waals surface area contributed by atoms with E-state index in [9.17, 15) is 9.90 Å². The van der Waals surface area contributed by atoms with E-state index >= 15 is 0 Å². The third kappa shape index (κ3) is 0.909. The van der Waals surface area contributed by atoms with Gasteiger partial charge in [-0.1, -0.05) is 0 Å². The molecule has 2 fully saturated rings. The maximum absolute atomic E-state index is 11.2. The molecule has 1 saturated heterocycles. The van der Waals surface area contributed by atoms with Crippen molar-refractivity contribution in [2.75, 3.05) is 13.2 Å². The molecule has 1 amide bonds. The fraction of sp³-hybridized carbons (Fsp3) is 0.875. The molecular formula is C8H13NO3. The second kappa shape index (κ2) is 2.62. The fourth-order valence-corrected chi connectivity index (χ4v) is 1.99. The predicted octanol–water partition coefficient (Wildman–Crippen LogP) is 0.208. The van der Waals surface area contributed by atoms with Crippen molar-refractivity contribution in [3.05, 3.63) is 0 Å². The first-order chi connectivity index (χ1) is 5.74. The van der Waals surface area contributed by atoms with E-state index in [1.807, 2.05) is 0 Å². The summed E-state index contributed by atoms with van der Waals surface area (Å²) in [4.78, 5) is 12.8. The normalized spacial score (nSPS) is 37.8. The van der Waals surface area contributed by atoms with Crippen molar-refractivity contribution < 1.29 is 14.6 Å². The van der Waals surface area contributed by atoms with E-state index in [1.54, 1.807) is 11.8 Å². The van der Waals surface area contributed by atoms with E-state index in [-0.39, 0.29) is 18.2 Å². The van der Waals surface area contributed by atoms with Crippen molar-refractivity contribution in [1.82, 2.24) is 4.90 Å². The number of aliphatic hydroxyl groups excluding tert-OH is 1. The lowest BCUT2D eigenvalue weighted by Crippen LogP contribution is -2.71. The number of hydrogen-bond acceptors (Lipinski definition) is 3. The van der Waals surface area contributed by atoms with Gasteiger partial charge < -0.3 is 14.7 Å². The van der Waals surface area contributed by atoms with Crippen LogP contribution in [0.5, 0.6) is 0 Å². The van der Waals surface area contributed by atoms with Crippen molar-refractivity contribution in [2.45, 2.75) is 25.5 Å². The van der Waals surface area contributed by atoms with E-state index < -0.39 is 0 Å². The molecule has 1 N–H and O–H groups in total. The zero-order valence-corrected chi connectivity index (χ0v) is 7.06. The number of nitrogens with zero attached hydrogens (tertiary/aromatic N) is 1. The number of hydrogen-bond donors (Lipinski definition) is 1. The number of carbonyl (C=O) groups excluding carboxylic acids is 1. The van der Waals surface area contributed by atoms with Crippen LogP contribution in [0, 0.1) is 5.92 Å². The molecule has 2 rings (SSSR count). The number of amides is 1. The minimum absolute atomic E-state index is 0.0593. The number of likely N-dealkylation sites (tertiary alicyclic amines) is 1. The van der Waals surface area contributed by atoms with Crippen LogP contribution in [-0.4, -0.2) is 41.4 Å². The molecule has 0 aromatic rings. The third-order valence-electron chi connectivity index (χ3n) is 2.71. The van der Waals surface area contributed by atoms with Gasteiger partial charge in [-0.25, -0.2) is 4.79 Å². The first-order valence-corrected chi connectivity index (χ1v) is 4.35. The predicted molar refractivity (Wildman–Crippen MR) is 41.6 cm³/mol. The molecule has 12 heavy (non-hydrogen) atoms. The van der Waals surface area contributed by atoms with E-state index in [1.165, 1.54) is 0 Å². The molecular weight excluding hydrogens is 158 g/mol. The number of rotatable bonds is 1. The molecule has 3 atom stereocenters. The lowest BCUT2D eigenvalue weighted by Gasteiger charge is -2.57. The minimum atomic E-state index is -0.312. The summed E-state index contributed by atoms with van der Waals surface area (Å²) in [6.45, 7) is 2.95. The van der Waals surface area contributed by atoms with E-state index in [4.69, 9.17) is 4.74 Å². The molecule has 1 aliphatic heterocycles. The Hall–Kier alpha value is -0.770. The van der Waals surface area contributed by atoms with Gasteiger partial charge in [-0.15, -0.1) is 0 Å². The molecule has 4 heteroatoms. The average molecular weight is 171 g/mol. The van der Waals surface area contributed by atoms with Gasteiger partial charge in [-0.05, 0) is 13.3 Å². The highest BCUT2D eigenvalue weighted by Gasteiger charge is 2.54. The molecule has 1 saturated carbocycles. The van der Waals surface area contributed by atoms with Crippen molar-refractivity contribution in [2.24, 2.45) is 5.92 Å². The largest absolute Gasteiger partial charge is 0.450 e. The highest BCUT2D eigenvalue weighted by Crippen LogP contribution is 2.41. The van der Waals surface area contributed by atoms with Crippen molar-refractivity contribution in [3.63, 3.8) is 0 Å². The SMILES string of the molecule is CCOC(=O)N1C[C@@H]2C[C@@H](O)[C@@H]21. The summed E-state index contributed by atoms with van der Waals surface area (Å²) in [5.74, 6) is 0.532. The third-order valence-corrected chi connectivity index (χ3v) is 2.71. The Balaban J connectivity index is 1.87. The van der Waals surface area contributed by atoms with Gasteiger partial charge in [-0.2, -0.15) is 0 Å². The lowest BCUT2D eigenvalue weighted by atomic mass is 9.69. The van der Waals surface area contributed by atoms with Crippen molar-refractivity contribution in [3.8, 4) is 0 Å². The van der Waals surface area contributed by atoms with E-state index in [0.29, 0.717) is 12.5 Å². The summed E-state index contributed by atoms with van der Waals surface area (Å²) >= 11 is 0. The molecule has 0 aromatic carbocycles. The quantitative estimate of drug-likeness (QED) is 0.613. The summed E-state index contributed by atoms with van der Waals surface area (Å²) in [5, 5.41) is 9.28. The summed E-state index contributed by atoms with van der Waals surface area (Å²) in [7, 11) is 0. The smallest absolute Gasteiger partial charge is 0.410 e. The monoisotopic (exact) mass is 171 g/mol. The number of ether oxygens (including phenoxy) is 1. The summed E-state index contributed by atoms with van der Waals surface area (Å²) in [6, 6.07) is 0.0593. The van der Waals surface area contributed by atoms with Crippen LogP contribution in [0.2, 0.25) is 0 Å². The van der Waals surface area contributed by atoms with E-state index in [0.717, 1.165) is 13.0 Å². The Bertz CT molecular complexity index is 202. The second-order valence-corrected chi connectivity index (χ2v) is 3.41. The molecule has 0 bridgehead atoms. The Morgan fingerprint density at radius 2 is 2.50 bits per heavy atom. The van der Waals surface area contributed by atoms with Gasteiger partial charge >= 0.3 is 6.09 Å². The van der Waals surface area contributed by atoms with Gasteiger partial charge in [0.15, 0.2) is 0 Å². The van der Waals surface area contributed by atoms with Crippen LogP contribution in [0.25, 0.3) is 0 Å². The molecule has 1 heterocycles. The van der Waals surface area contributed by atoms with Gasteiger partial charge in [0.2, 0.25) is 0 Å². The van der Waals surface area contributed by atoms with Crippen LogP contribution < -0.4 is 0 Å². The Morgan fingerprint density at radius 1 is 1.75 bits per heavy atom. The van der Waals surface area contributed by atoms with Crippen LogP contribution in [-0.2, 0) is 4.74 Å². The van der Waals surface area contributed by atoms with Gasteiger partial charge in [0, 0.05) is 12.5 Å². The highest BCUT2D eigenvalue weighted by molar-refractivity contribution is 5.69. The molecule has 2 aliphatic rings. The molecule has 0 unspecified atom stereocenters. The molecule has 0 spiro atoms. The fourth-order valence-electron chi connectivity index (χ4n) is 1.99. The van der Waals surface area contributed by atoms with Crippen LogP contribution in [0.15, 0.2) is 0 Å². The molecule has 68 valence electrons. The maximum atomic E-state index is 11.2. The standard InChI is InChI=1S/C8H13NO3/c1-2-12-8(11)9-4-5-3-6(10)7(5)9/h5-7,10H,2-4H2,1H3/t5-,6+,7+/m0/s1. The summed E-state index contributed by atoms with van der Waals surface area (Å²) in [6.07, 6.45) is 0.256. The highest BCUT2D eigenvalue weighted by atomic mass is 16.6. The van der Waals surface area contributed by atoms with Crippen LogP contribution in [0.1, 0.15) is 13.3 Å². The van der Waals surface area contributed by atoms with Gasteiger partial charge in [0.1, 0.15) is 0 Å². The Morgan fingerprint density at radius 3 is 3.00 bits per heavy atom. The first-order valence-electron chi connectivity index (χ1n) is 4.35. The summed E-state index contributed by atoms with van der Waals surface area (Å²) < 4.78 is 4.82. The minimum Gasteiger partial charge on any atom is -0.450 e. The van der Waals surface area contributed by atoms with Crippen LogP contribution in [0.3, 0.4) is 0 Å². The first kappa shape index (κ1) is 7.86. The van der Waals surface area contributed by atoms with E-state index in [2.05, 4.69) is 0 Å². The zero-order valence-electron chi connectivity index (χ0n) is 7.06. The number of aliphatic hydroxyl groups is 1. The molecule has 0 aromatic heterocycles. The Labute approximate surface area is 71.1 Å². The van der Waals surface area contributed by atoms with Gasteiger partial charge in [0.05, 0.1) is 18.8 Å². The number of carbonyl (C=O) groups is 1. The maximum Gasteiger partial charge on any atom is 0.410 e. The second-order valence-electron chi connectivity index (χ2n) is 3.41. The van der Waals surface area contributed by atoms with Crippen LogP contribution >= 0.6 is 0 Å². The molecule has 1 aliphatic carbocycles. The van der Waals surface area contributed by atoms with Crippen molar-refractivity contribution in [1.29, 1.82) is 0 Å². The molecule has 4 nitrogen and oxygen atoms in total. The lowest BCUT2D eigenvalue weighted by molar-refractivity contribution is -0.137. The number of fused-ring (bicyclic) bond motifs is 1. The topological polar surface area (TPSA) is 49.8 Å². The van der Waals surface area contributed by atoms with Crippen molar-refractivity contribution >= 4 is 6.09 Å². The zero-order chi connectivity index (χ0) is 8.72. The number of piperidine rings is 1. The van der Waals surface area contributed by atoms with Gasteiger partial charge in [-0.3, -0.25) is 0 Å². The van der Waals surface area contributed by atoms with Crippen LogP contribution in [0.4, 0.5) is 4.79 Å².